The van der Waals surface area contributed by atoms with Crippen molar-refractivity contribution in [3.8, 4) is 0 Å². The fraction of sp³-hybridized carbons (Fsp3) is 0.500. The lowest BCUT2D eigenvalue weighted by Gasteiger charge is -2.22. The number of amides is 1. The van der Waals surface area contributed by atoms with Gasteiger partial charge in [0.1, 0.15) is 11.6 Å². The predicted molar refractivity (Wildman–Crippen MR) is 68.5 cm³/mol. The van der Waals surface area contributed by atoms with Gasteiger partial charge < -0.3 is 11.1 Å². The molecular formula is C14H18F2N2O. The van der Waals surface area contributed by atoms with Crippen LogP contribution in [0.3, 0.4) is 0 Å². The van der Waals surface area contributed by atoms with Gasteiger partial charge in [0.25, 0.3) is 0 Å². The van der Waals surface area contributed by atoms with Gasteiger partial charge in [0.05, 0.1) is 5.54 Å². The Bertz CT molecular complexity index is 505. The molecule has 0 radical (unpaired) electrons. The second-order valence-electron chi connectivity index (χ2n) is 5.81. The van der Waals surface area contributed by atoms with Crippen LogP contribution in [0.25, 0.3) is 0 Å². The first-order chi connectivity index (χ1) is 8.74. The Morgan fingerprint density at radius 2 is 2.05 bits per heavy atom. The van der Waals surface area contributed by atoms with Crippen LogP contribution in [0.2, 0.25) is 0 Å². The van der Waals surface area contributed by atoms with Crippen LogP contribution in [0, 0.1) is 11.6 Å². The van der Waals surface area contributed by atoms with Crippen molar-refractivity contribution in [2.24, 2.45) is 5.73 Å². The maximum absolute atomic E-state index is 13.8. The van der Waals surface area contributed by atoms with Gasteiger partial charge in [-0.3, -0.25) is 4.79 Å². The van der Waals surface area contributed by atoms with E-state index in [4.69, 9.17) is 5.73 Å². The number of rotatable bonds is 4. The van der Waals surface area contributed by atoms with Crippen molar-refractivity contribution in [1.29, 1.82) is 0 Å². The second kappa shape index (κ2) is 4.56. The molecule has 0 aliphatic heterocycles. The second-order valence-corrected chi connectivity index (χ2v) is 5.81. The first kappa shape index (κ1) is 13.9. The van der Waals surface area contributed by atoms with E-state index >= 15 is 0 Å². The maximum atomic E-state index is 13.8. The largest absolute Gasteiger partial charge is 0.354 e. The molecule has 3 N–H and O–H groups in total. The SMILES string of the molecule is CC(C)(N)C(=O)NCC1(c2ccc(F)cc2F)CC1. The van der Waals surface area contributed by atoms with Gasteiger partial charge in [-0.25, -0.2) is 8.78 Å². The Morgan fingerprint density at radius 1 is 1.42 bits per heavy atom. The third-order valence-corrected chi connectivity index (χ3v) is 3.53. The van der Waals surface area contributed by atoms with Crippen molar-refractivity contribution in [1.82, 2.24) is 5.32 Å². The standard InChI is InChI=1S/C14H18F2N2O/c1-13(2,17)12(19)18-8-14(5-6-14)10-4-3-9(15)7-11(10)16/h3-4,7H,5-6,8,17H2,1-2H3,(H,18,19). The number of carbonyl (C=O) groups excluding carboxylic acids is 1. The molecule has 0 atom stereocenters. The van der Waals surface area contributed by atoms with E-state index in [-0.39, 0.29) is 5.91 Å². The number of carbonyl (C=O) groups is 1. The average molecular weight is 268 g/mol. The molecule has 1 amide bonds. The van der Waals surface area contributed by atoms with Crippen LogP contribution in [0.5, 0.6) is 0 Å². The Hall–Kier alpha value is -1.49. The van der Waals surface area contributed by atoms with E-state index in [1.54, 1.807) is 13.8 Å². The molecule has 2 rings (SSSR count). The third kappa shape index (κ3) is 2.92. The van der Waals surface area contributed by atoms with Gasteiger partial charge in [-0.05, 0) is 38.3 Å². The first-order valence-corrected chi connectivity index (χ1v) is 6.27. The third-order valence-electron chi connectivity index (χ3n) is 3.53. The van der Waals surface area contributed by atoms with E-state index in [2.05, 4.69) is 5.32 Å². The molecular weight excluding hydrogens is 250 g/mol. The molecule has 1 aromatic rings. The zero-order valence-electron chi connectivity index (χ0n) is 11.1. The molecule has 0 saturated heterocycles. The van der Waals surface area contributed by atoms with Crippen molar-refractivity contribution in [3.63, 3.8) is 0 Å². The minimum Gasteiger partial charge on any atom is -0.354 e. The summed E-state index contributed by atoms with van der Waals surface area (Å²) in [5.74, 6) is -1.43. The van der Waals surface area contributed by atoms with Crippen molar-refractivity contribution in [2.45, 2.75) is 37.6 Å². The highest BCUT2D eigenvalue weighted by Gasteiger charge is 2.46. The lowest BCUT2D eigenvalue weighted by atomic mass is 9.94. The summed E-state index contributed by atoms with van der Waals surface area (Å²) in [6, 6.07) is 3.58. The van der Waals surface area contributed by atoms with Crippen LogP contribution in [-0.4, -0.2) is 18.0 Å². The minimum atomic E-state index is -0.961. The molecule has 1 aliphatic carbocycles. The van der Waals surface area contributed by atoms with Gasteiger partial charge >= 0.3 is 0 Å². The number of nitrogens with one attached hydrogen (secondary N) is 1. The number of nitrogens with two attached hydrogens (primary N) is 1. The Labute approximate surface area is 111 Å². The predicted octanol–water partition coefficient (Wildman–Crippen LogP) is 1.85. The molecule has 0 unspecified atom stereocenters. The molecule has 0 bridgehead atoms. The maximum Gasteiger partial charge on any atom is 0.239 e. The molecule has 0 spiro atoms. The molecule has 19 heavy (non-hydrogen) atoms. The summed E-state index contributed by atoms with van der Waals surface area (Å²) in [5, 5.41) is 2.74. The summed E-state index contributed by atoms with van der Waals surface area (Å²) in [7, 11) is 0. The highest BCUT2D eigenvalue weighted by molar-refractivity contribution is 5.85. The highest BCUT2D eigenvalue weighted by Crippen LogP contribution is 2.48. The van der Waals surface area contributed by atoms with E-state index in [0.29, 0.717) is 12.1 Å². The van der Waals surface area contributed by atoms with Crippen molar-refractivity contribution < 1.29 is 13.6 Å². The van der Waals surface area contributed by atoms with Gasteiger partial charge in [-0.15, -0.1) is 0 Å². The van der Waals surface area contributed by atoms with Gasteiger partial charge in [-0.2, -0.15) is 0 Å². The molecule has 3 nitrogen and oxygen atoms in total. The highest BCUT2D eigenvalue weighted by atomic mass is 19.1. The number of hydrogen-bond acceptors (Lipinski definition) is 2. The van der Waals surface area contributed by atoms with Crippen LogP contribution in [-0.2, 0) is 10.2 Å². The lowest BCUT2D eigenvalue weighted by Crippen LogP contribution is -2.50. The van der Waals surface area contributed by atoms with Crippen molar-refractivity contribution in [2.75, 3.05) is 6.54 Å². The quantitative estimate of drug-likeness (QED) is 0.875. The zero-order chi connectivity index (χ0) is 14.3. The molecule has 0 aromatic heterocycles. The number of benzene rings is 1. The van der Waals surface area contributed by atoms with E-state index in [0.717, 1.165) is 18.9 Å². The summed E-state index contributed by atoms with van der Waals surface area (Å²) < 4.78 is 26.7. The number of hydrogen-bond donors (Lipinski definition) is 2. The molecule has 0 heterocycles. The van der Waals surface area contributed by atoms with Crippen LogP contribution >= 0.6 is 0 Å². The fourth-order valence-corrected chi connectivity index (χ4v) is 2.09. The smallest absolute Gasteiger partial charge is 0.239 e. The topological polar surface area (TPSA) is 55.1 Å². The number of halogens is 2. The van der Waals surface area contributed by atoms with Gasteiger partial charge in [0.15, 0.2) is 0 Å². The average Bonchev–Trinajstić information content (AvgIpc) is 3.05. The van der Waals surface area contributed by atoms with Gasteiger partial charge in [0, 0.05) is 18.0 Å². The molecule has 1 fully saturated rings. The van der Waals surface area contributed by atoms with Crippen molar-refractivity contribution in [3.05, 3.63) is 35.4 Å². The molecule has 5 heteroatoms. The lowest BCUT2D eigenvalue weighted by molar-refractivity contribution is -0.125. The van der Waals surface area contributed by atoms with Crippen LogP contribution in [0.15, 0.2) is 18.2 Å². The fourth-order valence-electron chi connectivity index (χ4n) is 2.09. The molecule has 1 aromatic carbocycles. The van der Waals surface area contributed by atoms with Crippen LogP contribution in [0.4, 0.5) is 8.78 Å². The Balaban J connectivity index is 2.10. The van der Waals surface area contributed by atoms with Gasteiger partial charge in [0.2, 0.25) is 5.91 Å². The van der Waals surface area contributed by atoms with Crippen molar-refractivity contribution >= 4 is 5.91 Å². The van der Waals surface area contributed by atoms with Crippen LogP contribution in [0.1, 0.15) is 32.3 Å². The molecule has 1 aliphatic rings. The van der Waals surface area contributed by atoms with E-state index < -0.39 is 22.6 Å². The van der Waals surface area contributed by atoms with E-state index in [1.807, 2.05) is 0 Å². The monoisotopic (exact) mass is 268 g/mol. The van der Waals surface area contributed by atoms with Gasteiger partial charge in [-0.1, -0.05) is 6.07 Å². The Kier molecular flexibility index (Phi) is 3.34. The first-order valence-electron chi connectivity index (χ1n) is 6.27. The summed E-state index contributed by atoms with van der Waals surface area (Å²) >= 11 is 0. The molecule has 104 valence electrons. The summed E-state index contributed by atoms with van der Waals surface area (Å²) in [4.78, 5) is 11.7. The van der Waals surface area contributed by atoms with Crippen LogP contribution < -0.4 is 11.1 Å². The Morgan fingerprint density at radius 3 is 2.53 bits per heavy atom. The zero-order valence-corrected chi connectivity index (χ0v) is 11.1. The summed E-state index contributed by atoms with van der Waals surface area (Å²) in [6.07, 6.45) is 1.56. The summed E-state index contributed by atoms with van der Waals surface area (Å²) in [5.41, 5.74) is 4.78. The summed E-state index contributed by atoms with van der Waals surface area (Å²) in [6.45, 7) is 3.55. The minimum absolute atomic E-state index is 0.277. The van der Waals surface area contributed by atoms with E-state index in [9.17, 15) is 13.6 Å². The van der Waals surface area contributed by atoms with E-state index in [1.165, 1.54) is 12.1 Å². The molecule has 1 saturated carbocycles. The normalized spacial score (nSPS) is 17.1.